The van der Waals surface area contributed by atoms with Crippen LogP contribution in [0.15, 0.2) is 30.3 Å². The lowest BCUT2D eigenvalue weighted by atomic mass is 9.95. The van der Waals surface area contributed by atoms with E-state index in [1.807, 2.05) is 20.8 Å². The highest BCUT2D eigenvalue weighted by Crippen LogP contribution is 2.18. The molecule has 1 aliphatic heterocycles. The fourth-order valence-electron chi connectivity index (χ4n) is 6.00. The van der Waals surface area contributed by atoms with Crippen LogP contribution in [0.5, 0.6) is 0 Å². The summed E-state index contributed by atoms with van der Waals surface area (Å²) in [6.45, 7) is 28.4. The van der Waals surface area contributed by atoms with Gasteiger partial charge in [0.2, 0.25) is 0 Å². The highest BCUT2D eigenvalue weighted by Gasteiger charge is 2.26. The molecule has 1 heterocycles. The summed E-state index contributed by atoms with van der Waals surface area (Å²) >= 11 is 0. The van der Waals surface area contributed by atoms with Crippen molar-refractivity contribution in [2.24, 2.45) is 10.8 Å². The van der Waals surface area contributed by atoms with Crippen LogP contribution >= 0.6 is 0 Å². The van der Waals surface area contributed by atoms with Gasteiger partial charge in [-0.05, 0) is 50.2 Å². The van der Waals surface area contributed by atoms with Crippen molar-refractivity contribution in [1.29, 1.82) is 0 Å². The van der Waals surface area contributed by atoms with Gasteiger partial charge >= 0.3 is 17.9 Å². The largest absolute Gasteiger partial charge is 0.467 e. The van der Waals surface area contributed by atoms with Crippen molar-refractivity contribution in [3.05, 3.63) is 35.9 Å². The van der Waals surface area contributed by atoms with E-state index in [0.29, 0.717) is 25.2 Å². The number of ether oxygens (including phenoxy) is 3. The Hall–Kier alpha value is -3.50. The van der Waals surface area contributed by atoms with E-state index in [1.54, 1.807) is 30.3 Å². The molecule has 53 heavy (non-hydrogen) atoms. The molecule has 0 radical (unpaired) electrons. The zero-order chi connectivity index (χ0) is 39.7. The number of methoxy groups -OCH3 is 1. The number of esters is 3. The first-order valence-electron chi connectivity index (χ1n) is 18.9. The fraction of sp³-hybridized carbons (Fsp3) is 0.707. The first-order valence-corrected chi connectivity index (χ1v) is 18.9. The average Bonchev–Trinajstić information content (AvgIpc) is 3.05. The van der Waals surface area contributed by atoms with Crippen LogP contribution in [-0.4, -0.2) is 147 Å². The highest BCUT2D eigenvalue weighted by molar-refractivity contribution is 5.96. The van der Waals surface area contributed by atoms with Gasteiger partial charge in [-0.3, -0.25) is 24.2 Å². The lowest BCUT2D eigenvalue weighted by Gasteiger charge is -2.37. The van der Waals surface area contributed by atoms with Gasteiger partial charge < -0.3 is 29.3 Å². The van der Waals surface area contributed by atoms with Crippen LogP contribution in [-0.2, 0) is 28.6 Å². The molecule has 0 spiro atoms. The van der Waals surface area contributed by atoms with Gasteiger partial charge in [-0.1, -0.05) is 71.6 Å². The number of nitrogens with one attached hydrogen (secondary N) is 1. The van der Waals surface area contributed by atoms with Crippen LogP contribution < -0.4 is 5.32 Å². The molecule has 0 aliphatic carbocycles. The van der Waals surface area contributed by atoms with Crippen LogP contribution in [0.2, 0.25) is 0 Å². The maximum Gasteiger partial charge on any atom is 0.328 e. The molecule has 0 bridgehead atoms. The first-order chi connectivity index (χ1) is 24.7. The van der Waals surface area contributed by atoms with Crippen molar-refractivity contribution in [2.75, 3.05) is 92.3 Å². The molecule has 0 aromatic heterocycles. The predicted molar refractivity (Wildman–Crippen MR) is 208 cm³/mol. The molecule has 1 amide bonds. The van der Waals surface area contributed by atoms with Gasteiger partial charge in [0.25, 0.3) is 5.91 Å². The van der Waals surface area contributed by atoms with Crippen LogP contribution in [0.3, 0.4) is 0 Å². The maximum atomic E-state index is 12.9. The molecule has 2 rings (SSSR count). The van der Waals surface area contributed by atoms with E-state index in [0.717, 1.165) is 52.4 Å². The average molecular weight is 742 g/mol. The predicted octanol–water partition coefficient (Wildman–Crippen LogP) is 3.94. The second-order valence-electron chi connectivity index (χ2n) is 17.3. The fourth-order valence-corrected chi connectivity index (χ4v) is 6.00. The standard InChI is InChI=1S/C41H67N5O7/c1-39(2,3)31-45-25-22-43(21-23-44(30-36(48)53-41(7,8)9)24-26-46(28-27-45)32-40(4,5)6)20-14-15-29-52-35(47)19-18-34(38(50)51-10)42-37(49)33-16-12-11-13-17-33/h11-13,16-17,34H,18-32H2,1-10H3,(H,42,49). The van der Waals surface area contributed by atoms with Crippen LogP contribution in [0.25, 0.3) is 0 Å². The van der Waals surface area contributed by atoms with Crippen molar-refractivity contribution in [3.63, 3.8) is 0 Å². The first kappa shape index (κ1) is 45.7. The van der Waals surface area contributed by atoms with Gasteiger partial charge in [0.15, 0.2) is 6.61 Å². The van der Waals surface area contributed by atoms with E-state index >= 15 is 0 Å². The molecule has 12 heteroatoms. The van der Waals surface area contributed by atoms with Crippen molar-refractivity contribution < 1.29 is 33.4 Å². The lowest BCUT2D eigenvalue weighted by molar-refractivity contribution is -0.156. The summed E-state index contributed by atoms with van der Waals surface area (Å²) in [5.74, 6) is 4.32. The van der Waals surface area contributed by atoms with Crippen molar-refractivity contribution in [1.82, 2.24) is 24.9 Å². The molecule has 1 aromatic rings. The third kappa shape index (κ3) is 21.1. The Balaban J connectivity index is 2.06. The Kier molecular flexibility index (Phi) is 19.0. The summed E-state index contributed by atoms with van der Waals surface area (Å²) in [6.07, 6.45) is -0.0585. The molecule has 298 valence electrons. The number of benzene rings is 1. The summed E-state index contributed by atoms with van der Waals surface area (Å²) in [4.78, 5) is 59.9. The third-order valence-electron chi connectivity index (χ3n) is 8.30. The van der Waals surface area contributed by atoms with Gasteiger partial charge in [0.05, 0.1) is 20.2 Å². The van der Waals surface area contributed by atoms with E-state index in [2.05, 4.69) is 78.3 Å². The van der Waals surface area contributed by atoms with Gasteiger partial charge in [0.1, 0.15) is 11.6 Å². The number of amides is 1. The number of hydrogen-bond acceptors (Lipinski definition) is 11. The van der Waals surface area contributed by atoms with E-state index in [1.165, 1.54) is 7.11 Å². The monoisotopic (exact) mass is 742 g/mol. The van der Waals surface area contributed by atoms with E-state index in [-0.39, 0.29) is 42.8 Å². The Morgan fingerprint density at radius 2 is 1.23 bits per heavy atom. The Bertz CT molecular complexity index is 1350. The van der Waals surface area contributed by atoms with Crippen LogP contribution in [0.1, 0.15) is 85.5 Å². The smallest absolute Gasteiger partial charge is 0.328 e. The topological polar surface area (TPSA) is 121 Å². The van der Waals surface area contributed by atoms with Gasteiger partial charge in [0, 0.05) is 77.4 Å². The second-order valence-corrected chi connectivity index (χ2v) is 17.3. The highest BCUT2D eigenvalue weighted by atomic mass is 16.6. The molecule has 1 saturated heterocycles. The molecule has 0 saturated carbocycles. The second kappa shape index (κ2) is 22.0. The SMILES string of the molecule is COC(=O)C(CCC(=O)OCC#CCN1CCN(CC(=O)OC(C)(C)C)CCN(CC(C)(C)C)CCN(CC(C)(C)C)CC1)NC(=O)c1ccccc1. The quantitative estimate of drug-likeness (QED) is 0.191. The molecule has 1 unspecified atom stereocenters. The van der Waals surface area contributed by atoms with Gasteiger partial charge in [-0.2, -0.15) is 0 Å². The van der Waals surface area contributed by atoms with Gasteiger partial charge in [-0.25, -0.2) is 4.79 Å². The molecular weight excluding hydrogens is 674 g/mol. The van der Waals surface area contributed by atoms with Crippen molar-refractivity contribution in [2.45, 2.75) is 86.8 Å². The molecular formula is C41H67N5O7. The molecule has 1 atom stereocenters. The number of hydrogen-bond donors (Lipinski definition) is 1. The molecule has 1 aliphatic rings. The van der Waals surface area contributed by atoms with E-state index in [9.17, 15) is 19.2 Å². The number of rotatable bonds is 12. The summed E-state index contributed by atoms with van der Waals surface area (Å²) in [5, 5.41) is 2.64. The summed E-state index contributed by atoms with van der Waals surface area (Å²) < 4.78 is 15.9. The van der Waals surface area contributed by atoms with Crippen molar-refractivity contribution in [3.8, 4) is 11.8 Å². The summed E-state index contributed by atoms with van der Waals surface area (Å²) in [7, 11) is 1.23. The number of carbonyl (C=O) groups is 4. The zero-order valence-corrected chi connectivity index (χ0v) is 34.2. The minimum absolute atomic E-state index is 0.0319. The van der Waals surface area contributed by atoms with Crippen LogP contribution in [0, 0.1) is 22.7 Å². The number of nitrogens with zero attached hydrogens (tertiary/aromatic N) is 4. The third-order valence-corrected chi connectivity index (χ3v) is 8.30. The molecule has 1 N–H and O–H groups in total. The zero-order valence-electron chi connectivity index (χ0n) is 34.2. The molecule has 1 fully saturated rings. The Morgan fingerprint density at radius 1 is 0.717 bits per heavy atom. The Morgan fingerprint density at radius 3 is 1.72 bits per heavy atom. The lowest BCUT2D eigenvalue weighted by Crippen LogP contribution is -2.49. The normalized spacial score (nSPS) is 16.9. The minimum atomic E-state index is -0.991. The van der Waals surface area contributed by atoms with E-state index < -0.39 is 29.5 Å². The van der Waals surface area contributed by atoms with Gasteiger partial charge in [-0.15, -0.1) is 0 Å². The summed E-state index contributed by atoms with van der Waals surface area (Å²) in [6, 6.07) is 7.53. The van der Waals surface area contributed by atoms with Crippen LogP contribution in [0.4, 0.5) is 0 Å². The maximum absolute atomic E-state index is 12.9. The molecule has 1 aromatic carbocycles. The number of carbonyl (C=O) groups excluding carboxylic acids is 4. The van der Waals surface area contributed by atoms with E-state index in [4.69, 9.17) is 14.2 Å². The minimum Gasteiger partial charge on any atom is -0.467 e. The Labute approximate surface area is 319 Å². The van der Waals surface area contributed by atoms with Crippen molar-refractivity contribution >= 4 is 23.8 Å². The molecule has 12 nitrogen and oxygen atoms in total. The summed E-state index contributed by atoms with van der Waals surface area (Å²) in [5.41, 5.74) is 0.147.